The lowest BCUT2D eigenvalue weighted by Crippen LogP contribution is -2.36. The van der Waals surface area contributed by atoms with Crippen LogP contribution in [0.4, 0.5) is 5.69 Å². The number of phenols is 1. The maximum absolute atomic E-state index is 11.8. The van der Waals surface area contributed by atoms with Gasteiger partial charge in [-0.2, -0.15) is 5.26 Å². The minimum Gasteiger partial charge on any atom is -0.504 e. The summed E-state index contributed by atoms with van der Waals surface area (Å²) >= 11 is -1.77. The molecule has 2 atom stereocenters. The summed E-state index contributed by atoms with van der Waals surface area (Å²) in [6.45, 7) is 5.85. The van der Waals surface area contributed by atoms with Crippen LogP contribution in [0.2, 0.25) is 0 Å². The van der Waals surface area contributed by atoms with Gasteiger partial charge in [0.2, 0.25) is 0 Å². The Morgan fingerprint density at radius 3 is 2.70 bits per heavy atom. The first-order valence-corrected chi connectivity index (χ1v) is 9.41. The fraction of sp³-hybridized carbons (Fsp3) is 0.278. The highest BCUT2D eigenvalue weighted by atomic mass is 32.2. The van der Waals surface area contributed by atoms with E-state index in [1.807, 2.05) is 32.9 Å². The van der Waals surface area contributed by atoms with E-state index in [0.717, 1.165) is 17.1 Å². The lowest BCUT2D eigenvalue weighted by molar-refractivity contribution is 0.423. The van der Waals surface area contributed by atoms with Crippen LogP contribution in [0.5, 0.6) is 5.75 Å². The molecule has 0 spiro atoms. The van der Waals surface area contributed by atoms with Crippen molar-refractivity contribution < 1.29 is 13.7 Å². The fourth-order valence-electron chi connectivity index (χ4n) is 2.61. The molecule has 8 nitrogen and oxygen atoms in total. The van der Waals surface area contributed by atoms with E-state index in [1.165, 1.54) is 6.07 Å². The summed E-state index contributed by atoms with van der Waals surface area (Å²) in [7, 11) is 0. The predicted octanol–water partition coefficient (Wildman–Crippen LogP) is 3.02. The molecular formula is C18H19N5O3S. The van der Waals surface area contributed by atoms with Crippen LogP contribution in [0, 0.1) is 25.2 Å². The van der Waals surface area contributed by atoms with Gasteiger partial charge >= 0.3 is 0 Å². The molecule has 0 fully saturated rings. The molecule has 3 rings (SSSR count). The van der Waals surface area contributed by atoms with E-state index in [-0.39, 0.29) is 28.9 Å². The van der Waals surface area contributed by atoms with Gasteiger partial charge in [-0.3, -0.25) is 0 Å². The number of benzene rings is 1. The summed E-state index contributed by atoms with van der Waals surface area (Å²) in [6.07, 6.45) is 0.709. The van der Waals surface area contributed by atoms with Gasteiger partial charge in [0.15, 0.2) is 17.4 Å². The van der Waals surface area contributed by atoms with Crippen LogP contribution in [0.15, 0.2) is 37.5 Å². The lowest BCUT2D eigenvalue weighted by atomic mass is 10.1. The summed E-state index contributed by atoms with van der Waals surface area (Å²) in [6, 6.07) is 8.39. The molecule has 2 heterocycles. The molecule has 2 aromatic rings. The number of nitriles is 1. The summed E-state index contributed by atoms with van der Waals surface area (Å²) in [5.41, 5.74) is 1.45. The van der Waals surface area contributed by atoms with Crippen molar-refractivity contribution in [2.45, 2.75) is 33.2 Å². The Morgan fingerprint density at radius 2 is 2.07 bits per heavy atom. The molecule has 3 N–H and O–H groups in total. The molecule has 2 unspecified atom stereocenters. The number of para-hydroxylation sites is 1. The first-order chi connectivity index (χ1) is 12.9. The maximum Gasteiger partial charge on any atom is 0.269 e. The molecule has 27 heavy (non-hydrogen) atoms. The monoisotopic (exact) mass is 385 g/mol. The number of nitrogens with zero attached hydrogens (tertiary/aromatic N) is 3. The van der Waals surface area contributed by atoms with Crippen LogP contribution in [-0.2, 0) is 11.2 Å². The van der Waals surface area contributed by atoms with E-state index in [2.05, 4.69) is 19.4 Å². The quantitative estimate of drug-likeness (QED) is 0.695. The predicted molar refractivity (Wildman–Crippen MR) is 104 cm³/mol. The number of hydrogen-bond acceptors (Lipinski definition) is 6. The third-order valence-electron chi connectivity index (χ3n) is 4.22. The first-order valence-electron chi connectivity index (χ1n) is 8.35. The van der Waals surface area contributed by atoms with Crippen LogP contribution >= 0.6 is 0 Å². The zero-order valence-corrected chi connectivity index (χ0v) is 15.9. The molecule has 0 radical (unpaired) electrons. The summed E-state index contributed by atoms with van der Waals surface area (Å²) in [5, 5.41) is 25.3. The normalized spacial score (nSPS) is 17.0. The highest BCUT2D eigenvalue weighted by molar-refractivity contribution is 7.83. The number of phenolic OH excluding ortho intramolecular Hbond substituents is 1. The van der Waals surface area contributed by atoms with Crippen molar-refractivity contribution in [3.8, 4) is 11.8 Å². The Bertz CT molecular complexity index is 983. The van der Waals surface area contributed by atoms with Crippen LogP contribution in [-0.4, -0.2) is 21.0 Å². The SMILES string of the molecule is CCC(NC1=NS(=O)N=C1Nc1cccc(C#N)c1O)c1cc(C)c(C)o1. The topological polar surface area (TPSA) is 123 Å². The van der Waals surface area contributed by atoms with Gasteiger partial charge in [-0.1, -0.05) is 13.0 Å². The van der Waals surface area contributed by atoms with Gasteiger partial charge in [0.25, 0.3) is 11.2 Å². The number of amidine groups is 2. The van der Waals surface area contributed by atoms with Gasteiger partial charge in [-0.25, -0.2) is 4.21 Å². The molecule has 0 saturated heterocycles. The second-order valence-electron chi connectivity index (χ2n) is 6.04. The highest BCUT2D eigenvalue weighted by Gasteiger charge is 2.25. The Kier molecular flexibility index (Phi) is 5.28. The number of anilines is 1. The number of aromatic hydroxyl groups is 1. The molecular weight excluding hydrogens is 366 g/mol. The highest BCUT2D eigenvalue weighted by Crippen LogP contribution is 2.28. The summed E-state index contributed by atoms with van der Waals surface area (Å²) < 4.78 is 25.6. The number of hydrogen-bond donors (Lipinski definition) is 3. The number of nitrogens with one attached hydrogen (secondary N) is 2. The molecule has 1 aromatic heterocycles. The van der Waals surface area contributed by atoms with Gasteiger partial charge in [0.1, 0.15) is 17.6 Å². The van der Waals surface area contributed by atoms with E-state index in [9.17, 15) is 9.32 Å². The van der Waals surface area contributed by atoms with E-state index in [1.54, 1.807) is 12.1 Å². The Morgan fingerprint density at radius 1 is 1.33 bits per heavy atom. The zero-order valence-electron chi connectivity index (χ0n) is 15.1. The van der Waals surface area contributed by atoms with Crippen LogP contribution in [0.3, 0.4) is 0 Å². The molecule has 1 aromatic carbocycles. The second kappa shape index (κ2) is 7.63. The van der Waals surface area contributed by atoms with Crippen molar-refractivity contribution in [1.82, 2.24) is 5.32 Å². The Hall–Kier alpha value is -3.12. The molecule has 1 aliphatic rings. The van der Waals surface area contributed by atoms with Crippen molar-refractivity contribution in [2.24, 2.45) is 8.80 Å². The molecule has 0 amide bonds. The Labute approximate surface area is 159 Å². The molecule has 0 bridgehead atoms. The van der Waals surface area contributed by atoms with Crippen molar-refractivity contribution in [2.75, 3.05) is 5.32 Å². The second-order valence-corrected chi connectivity index (χ2v) is 6.87. The van der Waals surface area contributed by atoms with Crippen molar-refractivity contribution in [1.29, 1.82) is 5.26 Å². The maximum atomic E-state index is 11.8. The average Bonchev–Trinajstić information content (AvgIpc) is 3.16. The number of furan rings is 1. The van der Waals surface area contributed by atoms with Gasteiger partial charge in [0, 0.05) is 0 Å². The largest absolute Gasteiger partial charge is 0.504 e. The molecule has 1 aliphatic heterocycles. The van der Waals surface area contributed by atoms with E-state index in [4.69, 9.17) is 9.68 Å². The van der Waals surface area contributed by atoms with Crippen molar-refractivity contribution >= 4 is 28.5 Å². The number of aryl methyl sites for hydroxylation is 2. The average molecular weight is 385 g/mol. The van der Waals surface area contributed by atoms with Crippen LogP contribution < -0.4 is 10.6 Å². The third kappa shape index (κ3) is 3.85. The Balaban J connectivity index is 1.83. The lowest BCUT2D eigenvalue weighted by Gasteiger charge is -2.17. The van der Waals surface area contributed by atoms with Gasteiger partial charge in [-0.15, -0.1) is 8.80 Å². The molecule has 0 saturated carbocycles. The minimum atomic E-state index is -1.77. The summed E-state index contributed by atoms with van der Waals surface area (Å²) in [4.78, 5) is 0. The molecule has 0 aliphatic carbocycles. The van der Waals surface area contributed by atoms with Crippen LogP contribution in [0.25, 0.3) is 0 Å². The summed E-state index contributed by atoms with van der Waals surface area (Å²) in [5.74, 6) is 1.91. The smallest absolute Gasteiger partial charge is 0.269 e. The standard InChI is InChI=1S/C18H19N5O3S/c1-4-13(15-8-10(2)11(3)26-15)20-17-18(23-27(25)22-17)21-14-7-5-6-12(9-19)16(14)24/h5-8,13,24H,4H2,1-3H3,(H,20,22)(H,21,23). The fourth-order valence-corrected chi connectivity index (χ4v) is 3.24. The van der Waals surface area contributed by atoms with E-state index < -0.39 is 11.2 Å². The first kappa shape index (κ1) is 18.7. The molecule has 140 valence electrons. The van der Waals surface area contributed by atoms with Gasteiger partial charge in [-0.05, 0) is 44.0 Å². The third-order valence-corrected chi connectivity index (χ3v) is 4.90. The van der Waals surface area contributed by atoms with Crippen molar-refractivity contribution in [3.63, 3.8) is 0 Å². The number of rotatable bonds is 4. The van der Waals surface area contributed by atoms with E-state index in [0.29, 0.717) is 12.3 Å². The van der Waals surface area contributed by atoms with Gasteiger partial charge < -0.3 is 20.2 Å². The molecule has 9 heteroatoms. The van der Waals surface area contributed by atoms with Crippen molar-refractivity contribution in [3.05, 3.63) is 46.9 Å². The zero-order chi connectivity index (χ0) is 19.6. The minimum absolute atomic E-state index is 0.124. The van der Waals surface area contributed by atoms with Gasteiger partial charge in [0.05, 0.1) is 17.3 Å². The van der Waals surface area contributed by atoms with Crippen LogP contribution in [0.1, 0.15) is 42.0 Å². The van der Waals surface area contributed by atoms with E-state index >= 15 is 0 Å².